The number of hydrogen-bond donors (Lipinski definition) is 1. The van der Waals surface area contributed by atoms with Crippen molar-refractivity contribution in [3.63, 3.8) is 0 Å². The highest BCUT2D eigenvalue weighted by Gasteiger charge is 2.32. The molecule has 3 rings (SSSR count). The third-order valence-electron chi connectivity index (χ3n) is 4.74. The number of sulfone groups is 1. The van der Waals surface area contributed by atoms with Gasteiger partial charge in [0.25, 0.3) is 0 Å². The normalized spacial score (nSPS) is 18.1. The molecule has 1 aromatic heterocycles. The average molecular weight is 401 g/mol. The van der Waals surface area contributed by atoms with Crippen LogP contribution >= 0.6 is 0 Å². The molecule has 1 aliphatic heterocycles. The zero-order valence-corrected chi connectivity index (χ0v) is 16.9. The first-order chi connectivity index (χ1) is 13.3. The van der Waals surface area contributed by atoms with Gasteiger partial charge in [-0.05, 0) is 32.4 Å². The van der Waals surface area contributed by atoms with Crippen LogP contribution in [0.15, 0.2) is 30.3 Å². The maximum atomic E-state index is 12.7. The van der Waals surface area contributed by atoms with Crippen LogP contribution in [-0.4, -0.2) is 59.6 Å². The summed E-state index contributed by atoms with van der Waals surface area (Å²) in [5, 5.41) is 7.33. The van der Waals surface area contributed by atoms with Gasteiger partial charge in [0.15, 0.2) is 9.84 Å². The Morgan fingerprint density at radius 1 is 1.36 bits per heavy atom. The van der Waals surface area contributed by atoms with Gasteiger partial charge in [0, 0.05) is 12.1 Å². The minimum absolute atomic E-state index is 0.0303. The van der Waals surface area contributed by atoms with Crippen LogP contribution in [0.2, 0.25) is 0 Å². The van der Waals surface area contributed by atoms with Gasteiger partial charge in [-0.15, -0.1) is 6.42 Å². The number of carbonyl (C=O) groups is 1. The van der Waals surface area contributed by atoms with Crippen LogP contribution in [0.25, 0.3) is 5.69 Å². The molecule has 7 nitrogen and oxygen atoms in total. The third kappa shape index (κ3) is 4.80. The molecule has 8 heteroatoms. The number of rotatable bonds is 6. The fraction of sp³-hybridized carbons (Fsp3) is 0.400. The molecule has 1 unspecified atom stereocenters. The first-order valence-corrected chi connectivity index (χ1v) is 10.9. The molecule has 1 aliphatic rings. The molecule has 1 atom stereocenters. The van der Waals surface area contributed by atoms with E-state index in [9.17, 15) is 13.2 Å². The number of terminal acetylenes is 1. The highest BCUT2D eigenvalue weighted by atomic mass is 32.2. The first kappa shape index (κ1) is 20.1. The molecule has 28 heavy (non-hydrogen) atoms. The fourth-order valence-electron chi connectivity index (χ4n) is 3.33. The van der Waals surface area contributed by atoms with Gasteiger partial charge in [0.2, 0.25) is 5.91 Å². The molecular weight excluding hydrogens is 376 g/mol. The number of nitrogens with zero attached hydrogens (tertiary/aromatic N) is 3. The van der Waals surface area contributed by atoms with E-state index in [1.54, 1.807) is 15.6 Å². The number of benzene rings is 1. The van der Waals surface area contributed by atoms with Crippen molar-refractivity contribution in [2.24, 2.45) is 0 Å². The fourth-order valence-corrected chi connectivity index (χ4v) is 5.09. The summed E-state index contributed by atoms with van der Waals surface area (Å²) >= 11 is 0. The Morgan fingerprint density at radius 2 is 2.07 bits per heavy atom. The zero-order chi connectivity index (χ0) is 20.3. The average Bonchev–Trinajstić information content (AvgIpc) is 3.17. The molecule has 0 radical (unpaired) electrons. The van der Waals surface area contributed by atoms with Crippen LogP contribution in [0, 0.1) is 26.2 Å². The second-order valence-electron chi connectivity index (χ2n) is 7.13. The standard InChI is InChI=1S/C20H24N4O3S/c1-4-10-23(18-9-11-28(26,27)14-18)13-20(25)21-19-12-16(3)22-24(19)17-7-5-15(2)6-8-17/h1,5-8,12,18H,9-11,13-14H2,2-3H3,(H,21,25). The summed E-state index contributed by atoms with van der Waals surface area (Å²) in [6.07, 6.45) is 5.92. The topological polar surface area (TPSA) is 84.3 Å². The lowest BCUT2D eigenvalue weighted by Gasteiger charge is -2.25. The predicted octanol–water partition coefficient (Wildman–Crippen LogP) is 1.55. The predicted molar refractivity (Wildman–Crippen MR) is 109 cm³/mol. The minimum atomic E-state index is -3.05. The van der Waals surface area contributed by atoms with Crippen molar-refractivity contribution in [1.82, 2.24) is 14.7 Å². The van der Waals surface area contributed by atoms with Crippen LogP contribution in [0.5, 0.6) is 0 Å². The van der Waals surface area contributed by atoms with E-state index in [0.29, 0.717) is 12.2 Å². The number of amides is 1. The van der Waals surface area contributed by atoms with Gasteiger partial charge < -0.3 is 5.32 Å². The van der Waals surface area contributed by atoms with E-state index in [2.05, 4.69) is 16.3 Å². The molecule has 2 aromatic rings. The van der Waals surface area contributed by atoms with E-state index in [4.69, 9.17) is 6.42 Å². The largest absolute Gasteiger partial charge is 0.309 e. The molecule has 0 spiro atoms. The Labute approximate surface area is 165 Å². The van der Waals surface area contributed by atoms with Crippen LogP contribution < -0.4 is 5.32 Å². The van der Waals surface area contributed by atoms with Gasteiger partial charge in [0.05, 0.1) is 36.0 Å². The summed E-state index contributed by atoms with van der Waals surface area (Å²) in [5.74, 6) is 3.01. The molecular formula is C20H24N4O3S. The van der Waals surface area contributed by atoms with E-state index in [1.165, 1.54) is 0 Å². The van der Waals surface area contributed by atoms with Crippen molar-refractivity contribution in [2.45, 2.75) is 26.3 Å². The summed E-state index contributed by atoms with van der Waals surface area (Å²) in [6, 6.07) is 9.40. The second kappa shape index (κ2) is 8.17. The molecule has 1 N–H and O–H groups in total. The second-order valence-corrected chi connectivity index (χ2v) is 9.36. The summed E-state index contributed by atoms with van der Waals surface area (Å²) in [7, 11) is -3.05. The van der Waals surface area contributed by atoms with E-state index in [0.717, 1.165) is 16.9 Å². The Hall–Kier alpha value is -2.63. The van der Waals surface area contributed by atoms with Gasteiger partial charge in [-0.1, -0.05) is 23.6 Å². The molecule has 148 valence electrons. The zero-order valence-electron chi connectivity index (χ0n) is 16.1. The molecule has 1 amide bonds. The van der Waals surface area contributed by atoms with Gasteiger partial charge in [-0.2, -0.15) is 5.10 Å². The Bertz CT molecular complexity index is 1000. The van der Waals surface area contributed by atoms with E-state index >= 15 is 0 Å². The molecule has 1 fully saturated rings. The van der Waals surface area contributed by atoms with Gasteiger partial charge >= 0.3 is 0 Å². The van der Waals surface area contributed by atoms with Crippen molar-refractivity contribution in [2.75, 3.05) is 29.9 Å². The quantitative estimate of drug-likeness (QED) is 0.744. The minimum Gasteiger partial charge on any atom is -0.309 e. The molecule has 1 aromatic carbocycles. The van der Waals surface area contributed by atoms with E-state index in [1.807, 2.05) is 38.1 Å². The molecule has 0 saturated carbocycles. The summed E-state index contributed by atoms with van der Waals surface area (Å²) in [4.78, 5) is 14.4. The van der Waals surface area contributed by atoms with Gasteiger partial charge in [0.1, 0.15) is 5.82 Å². The van der Waals surface area contributed by atoms with Crippen LogP contribution in [0.4, 0.5) is 5.82 Å². The lowest BCUT2D eigenvalue weighted by atomic mass is 10.2. The smallest absolute Gasteiger partial charge is 0.239 e. The van der Waals surface area contributed by atoms with Crippen LogP contribution in [0.3, 0.4) is 0 Å². The summed E-state index contributed by atoms with van der Waals surface area (Å²) in [5.41, 5.74) is 2.75. The molecule has 0 aliphatic carbocycles. The SMILES string of the molecule is C#CCN(CC(=O)Nc1cc(C)nn1-c1ccc(C)cc1)C1CCS(=O)(=O)C1. The lowest BCUT2D eigenvalue weighted by molar-refractivity contribution is -0.117. The highest BCUT2D eigenvalue weighted by Crippen LogP contribution is 2.19. The Balaban J connectivity index is 1.74. The molecule has 2 heterocycles. The Kier molecular flexibility index (Phi) is 5.87. The monoisotopic (exact) mass is 400 g/mol. The van der Waals surface area contributed by atoms with Crippen molar-refractivity contribution < 1.29 is 13.2 Å². The van der Waals surface area contributed by atoms with Gasteiger partial charge in [-0.25, -0.2) is 13.1 Å². The summed E-state index contributed by atoms with van der Waals surface area (Å²) in [6.45, 7) is 4.12. The lowest BCUT2D eigenvalue weighted by Crippen LogP contribution is -2.42. The highest BCUT2D eigenvalue weighted by molar-refractivity contribution is 7.91. The number of aromatic nitrogens is 2. The number of carbonyl (C=O) groups excluding carboxylic acids is 1. The molecule has 0 bridgehead atoms. The maximum Gasteiger partial charge on any atom is 0.239 e. The van der Waals surface area contributed by atoms with E-state index < -0.39 is 9.84 Å². The van der Waals surface area contributed by atoms with E-state index in [-0.39, 0.29) is 36.5 Å². The third-order valence-corrected chi connectivity index (χ3v) is 6.49. The maximum absolute atomic E-state index is 12.7. The molecule has 1 saturated heterocycles. The van der Waals surface area contributed by atoms with Crippen molar-refractivity contribution in [3.8, 4) is 18.0 Å². The van der Waals surface area contributed by atoms with Crippen molar-refractivity contribution >= 4 is 21.6 Å². The van der Waals surface area contributed by atoms with Gasteiger partial charge in [-0.3, -0.25) is 9.69 Å². The number of aryl methyl sites for hydroxylation is 2. The van der Waals surface area contributed by atoms with Crippen LogP contribution in [-0.2, 0) is 14.6 Å². The number of nitrogens with one attached hydrogen (secondary N) is 1. The number of hydrogen-bond acceptors (Lipinski definition) is 5. The number of anilines is 1. The first-order valence-electron chi connectivity index (χ1n) is 9.09. The van der Waals surface area contributed by atoms with Crippen LogP contribution in [0.1, 0.15) is 17.7 Å². The van der Waals surface area contributed by atoms with Crippen molar-refractivity contribution in [3.05, 3.63) is 41.6 Å². The summed E-state index contributed by atoms with van der Waals surface area (Å²) < 4.78 is 25.2. The Morgan fingerprint density at radius 3 is 2.68 bits per heavy atom. The van der Waals surface area contributed by atoms with Crippen molar-refractivity contribution in [1.29, 1.82) is 0 Å².